The lowest BCUT2D eigenvalue weighted by Crippen LogP contribution is -2.34. The molecule has 5 heteroatoms. The number of rotatable bonds is 6. The molecule has 1 saturated heterocycles. The van der Waals surface area contributed by atoms with Crippen molar-refractivity contribution in [3.05, 3.63) is 72.1 Å². The smallest absolute Gasteiger partial charge is 0.137 e. The van der Waals surface area contributed by atoms with E-state index in [1.807, 2.05) is 18.5 Å². The summed E-state index contributed by atoms with van der Waals surface area (Å²) in [5, 5.41) is 21.0. The third-order valence-electron chi connectivity index (χ3n) is 6.99. The molecule has 170 valence electrons. The molecule has 1 fully saturated rings. The fourth-order valence-corrected chi connectivity index (χ4v) is 4.94. The molecule has 0 atom stereocenters. The van der Waals surface area contributed by atoms with Gasteiger partial charge in [0.05, 0.1) is 0 Å². The van der Waals surface area contributed by atoms with Gasteiger partial charge in [-0.1, -0.05) is 37.3 Å². The summed E-state index contributed by atoms with van der Waals surface area (Å²) in [5.41, 5.74) is 7.63. The molecular weight excluding hydrogens is 410 g/mol. The highest BCUT2D eigenvalue weighted by molar-refractivity contribution is 5.96. The molecular formula is C28H31N3O2. The number of pyridine rings is 1. The number of fused-ring (bicyclic) bond motifs is 1. The van der Waals surface area contributed by atoms with Crippen LogP contribution in [0.5, 0.6) is 5.75 Å². The number of phenols is 1. The highest BCUT2D eigenvalue weighted by atomic mass is 16.3. The van der Waals surface area contributed by atoms with Crippen molar-refractivity contribution in [2.45, 2.75) is 32.7 Å². The van der Waals surface area contributed by atoms with Crippen LogP contribution < -0.4 is 0 Å². The Kier molecular flexibility index (Phi) is 6.16. The minimum absolute atomic E-state index is 0.272. The molecule has 2 aromatic heterocycles. The number of aliphatic hydroxyl groups is 1. The van der Waals surface area contributed by atoms with Crippen LogP contribution in [0.3, 0.4) is 0 Å². The third kappa shape index (κ3) is 4.39. The number of benzene rings is 2. The molecule has 0 saturated carbocycles. The average molecular weight is 442 g/mol. The van der Waals surface area contributed by atoms with Crippen molar-refractivity contribution >= 4 is 11.0 Å². The number of aromatic nitrogens is 2. The molecule has 0 spiro atoms. The van der Waals surface area contributed by atoms with Crippen LogP contribution in [0.25, 0.3) is 33.3 Å². The summed E-state index contributed by atoms with van der Waals surface area (Å²) in [6.45, 7) is 5.07. The van der Waals surface area contributed by atoms with E-state index >= 15 is 0 Å². The first-order chi connectivity index (χ1) is 16.2. The topological polar surface area (TPSA) is 72.4 Å². The number of H-pyrrole nitrogens is 1. The van der Waals surface area contributed by atoms with Gasteiger partial charge >= 0.3 is 0 Å². The third-order valence-corrected chi connectivity index (χ3v) is 6.99. The summed E-state index contributed by atoms with van der Waals surface area (Å²) in [6.07, 6.45) is 6.94. The summed E-state index contributed by atoms with van der Waals surface area (Å²) in [6, 6.07) is 16.6. The lowest BCUT2D eigenvalue weighted by atomic mass is 9.96. The second-order valence-electron chi connectivity index (χ2n) is 9.08. The van der Waals surface area contributed by atoms with Gasteiger partial charge in [0.2, 0.25) is 0 Å². The van der Waals surface area contributed by atoms with Gasteiger partial charge in [0, 0.05) is 47.6 Å². The quantitative estimate of drug-likeness (QED) is 0.376. The number of aromatic hydroxyl groups is 1. The Bertz CT molecular complexity index is 1260. The first kappa shape index (κ1) is 21.7. The zero-order valence-electron chi connectivity index (χ0n) is 19.1. The number of aliphatic hydroxyl groups excluding tert-OH is 1. The van der Waals surface area contributed by atoms with E-state index in [9.17, 15) is 10.2 Å². The molecule has 0 radical (unpaired) electrons. The van der Waals surface area contributed by atoms with Gasteiger partial charge in [0.25, 0.3) is 0 Å². The molecule has 33 heavy (non-hydrogen) atoms. The monoisotopic (exact) mass is 441 g/mol. The van der Waals surface area contributed by atoms with Crippen molar-refractivity contribution in [2.24, 2.45) is 5.92 Å². The molecule has 2 aromatic carbocycles. The normalized spacial score (nSPS) is 15.3. The molecule has 0 aliphatic carbocycles. The number of aryl methyl sites for hydroxylation is 1. The lowest BCUT2D eigenvalue weighted by Gasteiger charge is -2.31. The number of aromatic amines is 1. The zero-order chi connectivity index (χ0) is 22.8. The zero-order valence-corrected chi connectivity index (χ0v) is 19.1. The summed E-state index contributed by atoms with van der Waals surface area (Å²) in [4.78, 5) is 10.4. The lowest BCUT2D eigenvalue weighted by molar-refractivity contribution is 0.127. The van der Waals surface area contributed by atoms with E-state index in [1.165, 1.54) is 16.7 Å². The van der Waals surface area contributed by atoms with Crippen molar-refractivity contribution < 1.29 is 10.2 Å². The Labute approximate surface area is 194 Å². The average Bonchev–Trinajstić information content (AvgIpc) is 3.29. The standard InChI is InChI=1S/C28H31N3O2/c1-2-20-5-3-4-6-24(20)26-16-30-28-25(26)14-22(15-29-28)21-7-8-27(33)23(13-21)17-31-11-9-19(18-32)10-12-31/h3-8,13-16,19,32-33H,2,9-12,17-18H2,1H3,(H,29,30). The summed E-state index contributed by atoms with van der Waals surface area (Å²) < 4.78 is 0. The van der Waals surface area contributed by atoms with E-state index in [4.69, 9.17) is 4.98 Å². The van der Waals surface area contributed by atoms with Crippen LogP contribution in [0.2, 0.25) is 0 Å². The molecule has 1 aliphatic heterocycles. The van der Waals surface area contributed by atoms with Crippen LogP contribution in [-0.2, 0) is 13.0 Å². The predicted octanol–water partition coefficient (Wildman–Crippen LogP) is 5.37. The van der Waals surface area contributed by atoms with Crippen LogP contribution in [0.1, 0.15) is 30.9 Å². The number of piperidine rings is 1. The predicted molar refractivity (Wildman–Crippen MR) is 133 cm³/mol. The summed E-state index contributed by atoms with van der Waals surface area (Å²) in [5.74, 6) is 0.739. The van der Waals surface area contributed by atoms with Crippen LogP contribution >= 0.6 is 0 Å². The Morgan fingerprint density at radius 1 is 1.00 bits per heavy atom. The second-order valence-corrected chi connectivity index (χ2v) is 9.08. The molecule has 3 heterocycles. The first-order valence-electron chi connectivity index (χ1n) is 11.9. The van der Waals surface area contributed by atoms with Gasteiger partial charge in [-0.15, -0.1) is 0 Å². The summed E-state index contributed by atoms with van der Waals surface area (Å²) in [7, 11) is 0. The van der Waals surface area contributed by atoms with Crippen molar-refractivity contribution in [3.8, 4) is 28.0 Å². The first-order valence-corrected chi connectivity index (χ1v) is 11.9. The van der Waals surface area contributed by atoms with Gasteiger partial charge in [-0.3, -0.25) is 4.90 Å². The maximum atomic E-state index is 10.5. The largest absolute Gasteiger partial charge is 0.508 e. The molecule has 3 N–H and O–H groups in total. The van der Waals surface area contributed by atoms with Crippen LogP contribution in [0.15, 0.2) is 60.9 Å². The van der Waals surface area contributed by atoms with Crippen LogP contribution in [0, 0.1) is 5.92 Å². The van der Waals surface area contributed by atoms with Crippen LogP contribution in [0.4, 0.5) is 0 Å². The van der Waals surface area contributed by atoms with Crippen molar-refractivity contribution in [1.82, 2.24) is 14.9 Å². The maximum absolute atomic E-state index is 10.5. The number of hydrogen-bond acceptors (Lipinski definition) is 4. The highest BCUT2D eigenvalue weighted by Gasteiger charge is 2.20. The molecule has 0 amide bonds. The molecule has 4 aromatic rings. The second kappa shape index (κ2) is 9.38. The van der Waals surface area contributed by atoms with Crippen molar-refractivity contribution in [2.75, 3.05) is 19.7 Å². The Morgan fingerprint density at radius 2 is 1.82 bits per heavy atom. The van der Waals surface area contributed by atoms with Crippen molar-refractivity contribution in [3.63, 3.8) is 0 Å². The number of phenolic OH excluding ortho intramolecular Hbond substituents is 1. The number of nitrogens with zero attached hydrogens (tertiary/aromatic N) is 2. The Balaban J connectivity index is 1.46. The van der Waals surface area contributed by atoms with E-state index in [2.05, 4.69) is 53.2 Å². The van der Waals surface area contributed by atoms with E-state index < -0.39 is 0 Å². The molecule has 0 unspecified atom stereocenters. The van der Waals surface area contributed by atoms with E-state index in [0.717, 1.165) is 60.1 Å². The number of hydrogen-bond donors (Lipinski definition) is 3. The van der Waals surface area contributed by atoms with Crippen LogP contribution in [-0.4, -0.2) is 44.8 Å². The van der Waals surface area contributed by atoms with E-state index in [0.29, 0.717) is 18.2 Å². The number of likely N-dealkylation sites (tertiary alicyclic amines) is 1. The van der Waals surface area contributed by atoms with Crippen molar-refractivity contribution in [1.29, 1.82) is 0 Å². The molecule has 0 bridgehead atoms. The maximum Gasteiger partial charge on any atom is 0.137 e. The molecule has 5 nitrogen and oxygen atoms in total. The van der Waals surface area contributed by atoms with Gasteiger partial charge in [-0.2, -0.15) is 0 Å². The van der Waals surface area contributed by atoms with Gasteiger partial charge in [-0.05, 0) is 73.2 Å². The van der Waals surface area contributed by atoms with Gasteiger partial charge < -0.3 is 15.2 Å². The minimum atomic E-state index is 0.272. The van der Waals surface area contributed by atoms with E-state index in [1.54, 1.807) is 6.07 Å². The fraction of sp³-hybridized carbons (Fsp3) is 0.321. The fourth-order valence-electron chi connectivity index (χ4n) is 4.94. The molecule has 1 aliphatic rings. The van der Waals surface area contributed by atoms with Gasteiger partial charge in [0.15, 0.2) is 0 Å². The van der Waals surface area contributed by atoms with E-state index in [-0.39, 0.29) is 6.61 Å². The molecule has 5 rings (SSSR count). The van der Waals surface area contributed by atoms with Gasteiger partial charge in [0.1, 0.15) is 11.4 Å². The number of nitrogens with one attached hydrogen (secondary N) is 1. The Morgan fingerprint density at radius 3 is 2.61 bits per heavy atom. The minimum Gasteiger partial charge on any atom is -0.508 e. The highest BCUT2D eigenvalue weighted by Crippen LogP contribution is 2.34. The SMILES string of the molecule is CCc1ccccc1-c1c[nH]c2ncc(-c3ccc(O)c(CN4CCC(CO)CC4)c3)cc12. The van der Waals surface area contributed by atoms with Gasteiger partial charge in [-0.25, -0.2) is 4.98 Å². The Hall–Kier alpha value is -3.15. The summed E-state index contributed by atoms with van der Waals surface area (Å²) >= 11 is 0.